The van der Waals surface area contributed by atoms with E-state index in [-0.39, 0.29) is 16.3 Å². The summed E-state index contributed by atoms with van der Waals surface area (Å²) in [5, 5.41) is 24.9. The lowest BCUT2D eigenvalue weighted by Gasteiger charge is -2.15. The van der Waals surface area contributed by atoms with Gasteiger partial charge < -0.3 is 0 Å². The number of rotatable bonds is 3. The molecule has 0 atom stereocenters. The topological polar surface area (TPSA) is 89.8 Å². The SMILES string of the molecule is N#CC(C#N)=NNc1ccc(-n2nc(C(F)(F)F)c3c2CCCC3)c(Cl)c1. The van der Waals surface area contributed by atoms with Gasteiger partial charge in [0.1, 0.15) is 12.1 Å². The highest BCUT2D eigenvalue weighted by Gasteiger charge is 2.39. The van der Waals surface area contributed by atoms with Crippen molar-refractivity contribution < 1.29 is 13.2 Å². The molecule has 0 aliphatic heterocycles. The van der Waals surface area contributed by atoms with E-state index in [4.69, 9.17) is 22.1 Å². The smallest absolute Gasteiger partial charge is 0.276 e. The Morgan fingerprint density at radius 3 is 2.56 bits per heavy atom. The first-order valence-corrected chi connectivity index (χ1v) is 8.34. The second kappa shape index (κ2) is 7.29. The van der Waals surface area contributed by atoms with E-state index in [2.05, 4.69) is 15.6 Å². The lowest BCUT2D eigenvalue weighted by atomic mass is 9.95. The summed E-state index contributed by atoms with van der Waals surface area (Å²) in [6.45, 7) is 0. The molecule has 1 heterocycles. The van der Waals surface area contributed by atoms with Gasteiger partial charge in [-0.2, -0.15) is 33.9 Å². The molecule has 0 bridgehead atoms. The number of fused-ring (bicyclic) bond motifs is 1. The molecule has 1 aromatic carbocycles. The molecule has 1 aromatic heterocycles. The zero-order valence-electron chi connectivity index (χ0n) is 13.8. The van der Waals surface area contributed by atoms with Crippen molar-refractivity contribution >= 4 is 23.0 Å². The minimum atomic E-state index is -4.53. The number of benzene rings is 1. The van der Waals surface area contributed by atoms with Gasteiger partial charge in [0.2, 0.25) is 5.71 Å². The molecular formula is C17H12ClF3N6. The highest BCUT2D eigenvalue weighted by Crippen LogP contribution is 2.38. The zero-order chi connectivity index (χ0) is 19.6. The van der Waals surface area contributed by atoms with Crippen LogP contribution >= 0.6 is 11.6 Å². The quantitative estimate of drug-likeness (QED) is 0.625. The number of aromatic nitrogens is 2. The second-order valence-corrected chi connectivity index (χ2v) is 6.26. The maximum atomic E-state index is 13.3. The molecule has 3 rings (SSSR count). The molecule has 1 N–H and O–H groups in total. The van der Waals surface area contributed by atoms with Crippen molar-refractivity contribution in [2.24, 2.45) is 5.10 Å². The summed E-state index contributed by atoms with van der Waals surface area (Å²) in [6, 6.07) is 7.68. The predicted octanol–water partition coefficient (Wildman–Crippen LogP) is 4.24. The van der Waals surface area contributed by atoms with Gasteiger partial charge in [0.25, 0.3) is 0 Å². The molecule has 0 amide bonds. The molecule has 10 heteroatoms. The summed E-state index contributed by atoms with van der Waals surface area (Å²) in [4.78, 5) is 0. The number of hydrogen-bond acceptors (Lipinski definition) is 5. The van der Waals surface area contributed by atoms with Crippen LogP contribution in [0.4, 0.5) is 18.9 Å². The van der Waals surface area contributed by atoms with E-state index in [0.717, 1.165) is 6.42 Å². The van der Waals surface area contributed by atoms with E-state index in [1.807, 2.05) is 0 Å². The summed E-state index contributed by atoms with van der Waals surface area (Å²) < 4.78 is 41.2. The standard InChI is InChI=1S/C17H12ClF3N6/c18-13-7-10(24-25-11(8-22)9-23)5-6-15(13)27-14-4-2-1-3-12(14)16(26-27)17(19,20)21/h5-7,24H,1-4H2. The molecule has 0 fully saturated rings. The van der Waals surface area contributed by atoms with E-state index < -0.39 is 11.9 Å². The molecule has 2 aromatic rings. The Hall–Kier alpha value is -3.04. The van der Waals surface area contributed by atoms with Gasteiger partial charge in [-0.25, -0.2) is 4.68 Å². The van der Waals surface area contributed by atoms with E-state index in [1.165, 1.54) is 22.9 Å². The number of hydrazone groups is 1. The fourth-order valence-corrected chi connectivity index (χ4v) is 3.23. The van der Waals surface area contributed by atoms with Gasteiger partial charge in [-0.3, -0.25) is 5.43 Å². The molecular weight excluding hydrogens is 381 g/mol. The van der Waals surface area contributed by atoms with Crippen LogP contribution in [0.2, 0.25) is 5.02 Å². The molecule has 0 spiro atoms. The first-order chi connectivity index (χ1) is 12.8. The van der Waals surface area contributed by atoms with Crippen LogP contribution in [0.3, 0.4) is 0 Å². The second-order valence-electron chi connectivity index (χ2n) is 5.85. The van der Waals surface area contributed by atoms with Crippen molar-refractivity contribution in [3.05, 3.63) is 40.2 Å². The number of halogens is 4. The fraction of sp³-hybridized carbons (Fsp3) is 0.294. The zero-order valence-corrected chi connectivity index (χ0v) is 14.6. The van der Waals surface area contributed by atoms with Crippen molar-refractivity contribution in [1.82, 2.24) is 9.78 Å². The Morgan fingerprint density at radius 1 is 1.22 bits per heavy atom. The van der Waals surface area contributed by atoms with Gasteiger partial charge >= 0.3 is 6.18 Å². The summed E-state index contributed by atoms with van der Waals surface area (Å²) in [6.07, 6.45) is -2.22. The van der Waals surface area contributed by atoms with Gasteiger partial charge in [-0.1, -0.05) is 11.6 Å². The Balaban J connectivity index is 2.01. The number of nitrogens with one attached hydrogen (secondary N) is 1. The van der Waals surface area contributed by atoms with Crippen LogP contribution in [0.15, 0.2) is 23.3 Å². The van der Waals surface area contributed by atoms with Gasteiger partial charge in [-0.15, -0.1) is 0 Å². The molecule has 138 valence electrons. The Kier molecular flexibility index (Phi) is 5.06. The first-order valence-electron chi connectivity index (χ1n) is 7.97. The lowest BCUT2D eigenvalue weighted by Crippen LogP contribution is -2.11. The molecule has 0 saturated heterocycles. The number of nitrogens with zero attached hydrogens (tertiary/aromatic N) is 5. The van der Waals surface area contributed by atoms with E-state index in [0.29, 0.717) is 36.3 Å². The number of nitriles is 2. The van der Waals surface area contributed by atoms with Crippen molar-refractivity contribution in [3.8, 4) is 17.8 Å². The highest BCUT2D eigenvalue weighted by molar-refractivity contribution is 6.32. The summed E-state index contributed by atoms with van der Waals surface area (Å²) in [5.74, 6) is 0. The third kappa shape index (κ3) is 3.74. The monoisotopic (exact) mass is 392 g/mol. The van der Waals surface area contributed by atoms with Gasteiger partial charge in [-0.05, 0) is 43.9 Å². The van der Waals surface area contributed by atoms with Crippen LogP contribution < -0.4 is 5.43 Å². The summed E-state index contributed by atoms with van der Waals surface area (Å²) >= 11 is 6.25. The third-order valence-electron chi connectivity index (χ3n) is 4.13. The van der Waals surface area contributed by atoms with Crippen LogP contribution in [0, 0.1) is 22.7 Å². The van der Waals surface area contributed by atoms with Crippen LogP contribution in [0.25, 0.3) is 5.69 Å². The number of anilines is 1. The van der Waals surface area contributed by atoms with Crippen LogP contribution in [0.1, 0.15) is 29.8 Å². The van der Waals surface area contributed by atoms with Crippen molar-refractivity contribution in [2.75, 3.05) is 5.43 Å². The van der Waals surface area contributed by atoms with Crippen molar-refractivity contribution in [3.63, 3.8) is 0 Å². The molecule has 1 aliphatic carbocycles. The van der Waals surface area contributed by atoms with Crippen molar-refractivity contribution in [1.29, 1.82) is 10.5 Å². The van der Waals surface area contributed by atoms with Crippen LogP contribution in [-0.4, -0.2) is 15.5 Å². The summed E-state index contributed by atoms with van der Waals surface area (Å²) in [5.41, 5.74) is 2.71. The lowest BCUT2D eigenvalue weighted by molar-refractivity contribution is -0.142. The minimum Gasteiger partial charge on any atom is -0.276 e. The highest BCUT2D eigenvalue weighted by atomic mass is 35.5. The van der Waals surface area contributed by atoms with E-state index in [1.54, 1.807) is 12.1 Å². The minimum absolute atomic E-state index is 0.162. The van der Waals surface area contributed by atoms with Gasteiger partial charge in [0.05, 0.1) is 16.4 Å². The fourth-order valence-electron chi connectivity index (χ4n) is 2.97. The Morgan fingerprint density at radius 2 is 1.93 bits per heavy atom. The predicted molar refractivity (Wildman–Crippen MR) is 92.5 cm³/mol. The molecule has 6 nitrogen and oxygen atoms in total. The molecule has 1 aliphatic rings. The first kappa shape index (κ1) is 18.7. The molecule has 0 saturated carbocycles. The van der Waals surface area contributed by atoms with Gasteiger partial charge in [0, 0.05) is 11.3 Å². The average molecular weight is 393 g/mol. The Labute approximate surface area is 157 Å². The molecule has 27 heavy (non-hydrogen) atoms. The maximum Gasteiger partial charge on any atom is 0.435 e. The molecule has 0 radical (unpaired) electrons. The summed E-state index contributed by atoms with van der Waals surface area (Å²) in [7, 11) is 0. The van der Waals surface area contributed by atoms with E-state index >= 15 is 0 Å². The van der Waals surface area contributed by atoms with Crippen LogP contribution in [0.5, 0.6) is 0 Å². The number of hydrogen-bond donors (Lipinski definition) is 1. The van der Waals surface area contributed by atoms with E-state index in [9.17, 15) is 13.2 Å². The van der Waals surface area contributed by atoms with Crippen molar-refractivity contribution in [2.45, 2.75) is 31.9 Å². The average Bonchev–Trinajstić information content (AvgIpc) is 3.02. The maximum absolute atomic E-state index is 13.3. The third-order valence-corrected chi connectivity index (χ3v) is 4.44. The van der Waals surface area contributed by atoms with Gasteiger partial charge in [0.15, 0.2) is 5.69 Å². The normalized spacial score (nSPS) is 13.3. The van der Waals surface area contributed by atoms with Crippen LogP contribution in [-0.2, 0) is 19.0 Å². The number of alkyl halides is 3. The molecule has 0 unspecified atom stereocenters. The Bertz CT molecular complexity index is 978. The largest absolute Gasteiger partial charge is 0.435 e.